The molecule has 0 radical (unpaired) electrons. The fourth-order valence-electron chi connectivity index (χ4n) is 2.37. The normalized spacial score (nSPS) is 14.3. The molecule has 0 heterocycles. The van der Waals surface area contributed by atoms with Crippen molar-refractivity contribution in [2.75, 3.05) is 14.2 Å². The largest absolute Gasteiger partial charge is 0.378 e. The van der Waals surface area contributed by atoms with Gasteiger partial charge in [0.25, 0.3) is 0 Å². The summed E-state index contributed by atoms with van der Waals surface area (Å²) in [5.41, 5.74) is 1.93. The standard InChI is InChI=1S/C18H23O5P/c1-21-24(20,22-2)18(19)17(13-15-9-5-3-6-10-15)23-14-16-11-7-4-8-12-16/h3-12,17-19H,13-14H2,1-2H3/t17-,18+/m0/s1. The zero-order valence-electron chi connectivity index (χ0n) is 13.9. The van der Waals surface area contributed by atoms with Gasteiger partial charge in [-0.2, -0.15) is 0 Å². The van der Waals surface area contributed by atoms with E-state index in [1.165, 1.54) is 14.2 Å². The first-order valence-corrected chi connectivity index (χ1v) is 9.29. The van der Waals surface area contributed by atoms with Crippen molar-refractivity contribution in [1.82, 2.24) is 0 Å². The fraction of sp³-hybridized carbons (Fsp3) is 0.333. The molecule has 0 bridgehead atoms. The van der Waals surface area contributed by atoms with Crippen LogP contribution in [0.15, 0.2) is 60.7 Å². The van der Waals surface area contributed by atoms with Crippen LogP contribution in [-0.2, 0) is 31.4 Å². The van der Waals surface area contributed by atoms with Crippen LogP contribution in [-0.4, -0.2) is 31.3 Å². The van der Waals surface area contributed by atoms with E-state index in [4.69, 9.17) is 13.8 Å². The second kappa shape index (κ2) is 9.11. The quantitative estimate of drug-likeness (QED) is 0.700. The highest BCUT2D eigenvalue weighted by Crippen LogP contribution is 2.52. The molecule has 6 heteroatoms. The van der Waals surface area contributed by atoms with Crippen LogP contribution in [0, 0.1) is 0 Å². The number of hydrogen-bond donors (Lipinski definition) is 1. The Morgan fingerprint density at radius 3 is 1.92 bits per heavy atom. The number of aliphatic hydroxyl groups is 1. The predicted octanol–water partition coefficient (Wildman–Crippen LogP) is 3.62. The molecular weight excluding hydrogens is 327 g/mol. The van der Waals surface area contributed by atoms with Gasteiger partial charge in [-0.15, -0.1) is 0 Å². The molecule has 0 aliphatic heterocycles. The molecule has 0 aliphatic carbocycles. The Morgan fingerprint density at radius 2 is 1.42 bits per heavy atom. The van der Waals surface area contributed by atoms with Gasteiger partial charge in [0.15, 0.2) is 5.85 Å². The minimum atomic E-state index is -3.66. The van der Waals surface area contributed by atoms with Crippen LogP contribution < -0.4 is 0 Å². The highest BCUT2D eigenvalue weighted by molar-refractivity contribution is 7.54. The van der Waals surface area contributed by atoms with Gasteiger partial charge in [-0.25, -0.2) is 0 Å². The molecule has 5 nitrogen and oxygen atoms in total. The molecule has 0 unspecified atom stereocenters. The number of aliphatic hydroxyl groups excluding tert-OH is 1. The Kier molecular flexibility index (Phi) is 7.16. The molecule has 0 aromatic heterocycles. The molecule has 0 saturated carbocycles. The maximum absolute atomic E-state index is 12.5. The summed E-state index contributed by atoms with van der Waals surface area (Å²) in [6.45, 7) is 0.294. The monoisotopic (exact) mass is 350 g/mol. The van der Waals surface area contributed by atoms with Crippen molar-refractivity contribution >= 4 is 7.60 Å². The van der Waals surface area contributed by atoms with Crippen molar-refractivity contribution in [3.05, 3.63) is 71.8 Å². The molecule has 0 saturated heterocycles. The Hall–Kier alpha value is -1.49. The minimum absolute atomic E-state index is 0.294. The zero-order chi connectivity index (χ0) is 17.4. The molecule has 130 valence electrons. The molecule has 2 rings (SSSR count). The number of benzene rings is 2. The Morgan fingerprint density at radius 1 is 0.917 bits per heavy atom. The lowest BCUT2D eigenvalue weighted by molar-refractivity contribution is -0.0242. The average molecular weight is 350 g/mol. The van der Waals surface area contributed by atoms with Crippen LogP contribution in [0.3, 0.4) is 0 Å². The first kappa shape index (κ1) is 18.8. The first-order chi connectivity index (χ1) is 11.6. The van der Waals surface area contributed by atoms with E-state index in [1.54, 1.807) is 0 Å². The summed E-state index contributed by atoms with van der Waals surface area (Å²) >= 11 is 0. The van der Waals surface area contributed by atoms with Gasteiger partial charge in [0.05, 0.1) is 12.7 Å². The van der Waals surface area contributed by atoms with Crippen molar-refractivity contribution in [3.63, 3.8) is 0 Å². The van der Waals surface area contributed by atoms with Crippen LogP contribution in [0.4, 0.5) is 0 Å². The Balaban J connectivity index is 2.15. The van der Waals surface area contributed by atoms with E-state index in [0.29, 0.717) is 13.0 Å². The minimum Gasteiger partial charge on any atom is -0.378 e. The van der Waals surface area contributed by atoms with Crippen LogP contribution in [0.5, 0.6) is 0 Å². The lowest BCUT2D eigenvalue weighted by Gasteiger charge is -2.27. The average Bonchev–Trinajstić information content (AvgIpc) is 2.65. The van der Waals surface area contributed by atoms with Gasteiger partial charge in [-0.1, -0.05) is 60.7 Å². The summed E-state index contributed by atoms with van der Waals surface area (Å²) in [7, 11) is -1.15. The zero-order valence-corrected chi connectivity index (χ0v) is 14.8. The van der Waals surface area contributed by atoms with E-state index in [9.17, 15) is 9.67 Å². The molecular formula is C18H23O5P. The lowest BCUT2D eigenvalue weighted by atomic mass is 10.1. The summed E-state index contributed by atoms with van der Waals surface area (Å²) in [5, 5.41) is 10.5. The summed E-state index contributed by atoms with van der Waals surface area (Å²) in [4.78, 5) is 0. The summed E-state index contributed by atoms with van der Waals surface area (Å²) in [6.07, 6.45) is -0.329. The van der Waals surface area contributed by atoms with E-state index in [-0.39, 0.29) is 0 Å². The van der Waals surface area contributed by atoms with Crippen molar-refractivity contribution < 1.29 is 23.5 Å². The van der Waals surface area contributed by atoms with E-state index < -0.39 is 19.5 Å². The molecule has 0 amide bonds. The molecule has 2 atom stereocenters. The van der Waals surface area contributed by atoms with Gasteiger partial charge in [0, 0.05) is 20.6 Å². The maximum atomic E-state index is 12.5. The van der Waals surface area contributed by atoms with Gasteiger partial charge < -0.3 is 18.9 Å². The molecule has 0 spiro atoms. The third kappa shape index (κ3) is 5.00. The molecule has 24 heavy (non-hydrogen) atoms. The number of ether oxygens (including phenoxy) is 1. The van der Waals surface area contributed by atoms with Crippen LogP contribution >= 0.6 is 7.60 Å². The summed E-state index contributed by atoms with van der Waals surface area (Å²) in [6, 6.07) is 19.2. The van der Waals surface area contributed by atoms with Gasteiger partial charge in [-0.05, 0) is 11.1 Å². The third-order valence-electron chi connectivity index (χ3n) is 3.75. The van der Waals surface area contributed by atoms with Crippen molar-refractivity contribution in [2.45, 2.75) is 25.0 Å². The second-order valence-corrected chi connectivity index (χ2v) is 7.68. The third-order valence-corrected chi connectivity index (χ3v) is 5.75. The summed E-state index contributed by atoms with van der Waals surface area (Å²) < 4.78 is 28.2. The molecule has 2 aromatic carbocycles. The van der Waals surface area contributed by atoms with Crippen LogP contribution in [0.1, 0.15) is 11.1 Å². The smallest absolute Gasteiger partial charge is 0.361 e. The number of rotatable bonds is 9. The van der Waals surface area contributed by atoms with E-state index in [1.807, 2.05) is 60.7 Å². The fourth-order valence-corrected chi connectivity index (χ4v) is 3.55. The Labute approximate surface area is 142 Å². The predicted molar refractivity (Wildman–Crippen MR) is 92.8 cm³/mol. The maximum Gasteiger partial charge on any atom is 0.361 e. The van der Waals surface area contributed by atoms with Crippen molar-refractivity contribution in [2.24, 2.45) is 0 Å². The highest BCUT2D eigenvalue weighted by atomic mass is 31.2. The van der Waals surface area contributed by atoms with Crippen LogP contribution in [0.25, 0.3) is 0 Å². The lowest BCUT2D eigenvalue weighted by Crippen LogP contribution is -2.32. The van der Waals surface area contributed by atoms with Gasteiger partial charge in [0.1, 0.15) is 0 Å². The SMILES string of the molecule is COP(=O)(OC)[C@@H](O)[C@H](Cc1ccccc1)OCc1ccccc1. The van der Waals surface area contributed by atoms with Gasteiger partial charge >= 0.3 is 7.60 Å². The number of hydrogen-bond acceptors (Lipinski definition) is 5. The molecule has 0 aliphatic rings. The van der Waals surface area contributed by atoms with E-state index in [2.05, 4.69) is 0 Å². The van der Waals surface area contributed by atoms with Crippen molar-refractivity contribution in [3.8, 4) is 0 Å². The van der Waals surface area contributed by atoms with Crippen LogP contribution in [0.2, 0.25) is 0 Å². The van der Waals surface area contributed by atoms with E-state index >= 15 is 0 Å². The molecule has 0 fully saturated rings. The first-order valence-electron chi connectivity index (χ1n) is 7.68. The molecule has 2 aromatic rings. The molecule has 1 N–H and O–H groups in total. The second-order valence-electron chi connectivity index (χ2n) is 5.34. The Bertz CT molecular complexity index is 639. The topological polar surface area (TPSA) is 65.0 Å². The highest BCUT2D eigenvalue weighted by Gasteiger charge is 2.39. The van der Waals surface area contributed by atoms with E-state index in [0.717, 1.165) is 11.1 Å². The summed E-state index contributed by atoms with van der Waals surface area (Å²) in [5.74, 6) is -1.38. The van der Waals surface area contributed by atoms with Gasteiger partial charge in [-0.3, -0.25) is 4.57 Å². The van der Waals surface area contributed by atoms with Crippen molar-refractivity contribution in [1.29, 1.82) is 0 Å². The van der Waals surface area contributed by atoms with Gasteiger partial charge in [0.2, 0.25) is 0 Å².